The van der Waals surface area contributed by atoms with E-state index in [9.17, 15) is 5.11 Å². The highest BCUT2D eigenvalue weighted by molar-refractivity contribution is 6.30. The minimum atomic E-state index is 0.235. The first-order valence-electron chi connectivity index (χ1n) is 9.61. The molecular weight excluding hydrogens is 364 g/mol. The smallest absolute Gasteiger partial charge is 0.124 e. The summed E-state index contributed by atoms with van der Waals surface area (Å²) in [6.07, 6.45) is 4.83. The van der Waals surface area contributed by atoms with Crippen molar-refractivity contribution < 1.29 is 5.11 Å². The predicted octanol–water partition coefficient (Wildman–Crippen LogP) is 7.29. The van der Waals surface area contributed by atoms with Gasteiger partial charge in [-0.05, 0) is 77.8 Å². The van der Waals surface area contributed by atoms with E-state index in [1.807, 2.05) is 18.2 Å². The summed E-state index contributed by atoms with van der Waals surface area (Å²) < 4.78 is 0. The fourth-order valence-electron chi connectivity index (χ4n) is 4.01. The van der Waals surface area contributed by atoms with Gasteiger partial charge in [0, 0.05) is 10.6 Å². The van der Waals surface area contributed by atoms with E-state index in [4.69, 9.17) is 11.6 Å². The third-order valence-electron chi connectivity index (χ3n) is 5.43. The average Bonchev–Trinajstić information content (AvgIpc) is 2.87. The van der Waals surface area contributed by atoms with Crippen LogP contribution >= 0.6 is 11.6 Å². The van der Waals surface area contributed by atoms with Crippen LogP contribution in [0.1, 0.15) is 46.2 Å². The number of halogens is 1. The molecule has 2 heteroatoms. The van der Waals surface area contributed by atoms with Crippen molar-refractivity contribution in [1.29, 1.82) is 0 Å². The van der Waals surface area contributed by atoms with Crippen molar-refractivity contribution >= 4 is 28.8 Å². The summed E-state index contributed by atoms with van der Waals surface area (Å²) in [5.74, 6) is 0.235. The number of fused-ring (bicyclic) bond motifs is 1. The number of benzene rings is 3. The van der Waals surface area contributed by atoms with Crippen LogP contribution in [-0.2, 0) is 6.42 Å². The summed E-state index contributed by atoms with van der Waals surface area (Å²) >= 11 is 6.09. The molecule has 4 rings (SSSR count). The maximum Gasteiger partial charge on any atom is 0.124 e. The zero-order chi connectivity index (χ0) is 19.7. The van der Waals surface area contributed by atoms with Crippen molar-refractivity contribution in [2.45, 2.75) is 26.2 Å². The molecule has 28 heavy (non-hydrogen) atoms. The molecule has 0 aromatic heterocycles. The second-order valence-corrected chi connectivity index (χ2v) is 7.79. The number of allylic oxidation sites excluding steroid dienone is 1. The number of hydrogen-bond acceptors (Lipinski definition) is 1. The van der Waals surface area contributed by atoms with E-state index < -0.39 is 0 Å². The standard InChI is InChI=1S/C26H23ClO/c1-3-18-9-13-22-20(15-18)5-4-6-24(23-14-12-21(27)16-25(23)28)26(22)19-10-7-17(2)8-11-19/h3,7-16,28H,1,4-6H2,2H3. The lowest BCUT2D eigenvalue weighted by Crippen LogP contribution is -1.97. The van der Waals surface area contributed by atoms with Gasteiger partial charge in [-0.15, -0.1) is 0 Å². The molecular formula is C26H23ClO. The number of aromatic hydroxyl groups is 1. The van der Waals surface area contributed by atoms with E-state index in [-0.39, 0.29) is 5.75 Å². The van der Waals surface area contributed by atoms with Crippen molar-refractivity contribution in [1.82, 2.24) is 0 Å². The van der Waals surface area contributed by atoms with Gasteiger partial charge in [0.1, 0.15) is 5.75 Å². The molecule has 1 aliphatic rings. The van der Waals surface area contributed by atoms with Crippen LogP contribution in [0.25, 0.3) is 17.2 Å². The maximum atomic E-state index is 10.6. The molecule has 0 heterocycles. The number of rotatable bonds is 3. The van der Waals surface area contributed by atoms with Crippen molar-refractivity contribution in [2.75, 3.05) is 0 Å². The topological polar surface area (TPSA) is 20.2 Å². The molecule has 1 N–H and O–H groups in total. The van der Waals surface area contributed by atoms with E-state index in [2.05, 4.69) is 56.0 Å². The highest BCUT2D eigenvalue weighted by Gasteiger charge is 2.22. The van der Waals surface area contributed by atoms with Crippen LogP contribution in [0.5, 0.6) is 5.75 Å². The summed E-state index contributed by atoms with van der Waals surface area (Å²) in [6, 6.07) is 20.6. The molecule has 0 amide bonds. The summed E-state index contributed by atoms with van der Waals surface area (Å²) in [4.78, 5) is 0. The summed E-state index contributed by atoms with van der Waals surface area (Å²) in [6.45, 7) is 6.01. The molecule has 0 aliphatic heterocycles. The number of aryl methyl sites for hydroxylation is 2. The van der Waals surface area contributed by atoms with Crippen molar-refractivity contribution in [2.24, 2.45) is 0 Å². The van der Waals surface area contributed by atoms with Gasteiger partial charge >= 0.3 is 0 Å². The summed E-state index contributed by atoms with van der Waals surface area (Å²) in [5, 5.41) is 11.2. The Morgan fingerprint density at radius 3 is 2.39 bits per heavy atom. The molecule has 0 spiro atoms. The van der Waals surface area contributed by atoms with Crippen LogP contribution in [0, 0.1) is 6.92 Å². The number of phenols is 1. The first-order chi connectivity index (χ1) is 13.6. The third kappa shape index (κ3) is 3.50. The molecule has 0 fully saturated rings. The van der Waals surface area contributed by atoms with Crippen LogP contribution < -0.4 is 0 Å². The molecule has 3 aromatic rings. The Kier molecular flexibility index (Phi) is 5.11. The lowest BCUT2D eigenvalue weighted by Gasteiger charge is -2.18. The summed E-state index contributed by atoms with van der Waals surface area (Å²) in [5.41, 5.74) is 9.33. The van der Waals surface area contributed by atoms with E-state index in [1.165, 1.54) is 33.4 Å². The van der Waals surface area contributed by atoms with Crippen LogP contribution in [-0.4, -0.2) is 5.11 Å². The second kappa shape index (κ2) is 7.69. The Morgan fingerprint density at radius 2 is 1.68 bits per heavy atom. The van der Waals surface area contributed by atoms with Crippen molar-refractivity contribution in [3.63, 3.8) is 0 Å². The third-order valence-corrected chi connectivity index (χ3v) is 5.67. The normalized spacial score (nSPS) is 13.8. The molecule has 140 valence electrons. The highest BCUT2D eigenvalue weighted by Crippen LogP contribution is 2.42. The number of hydrogen-bond donors (Lipinski definition) is 1. The molecule has 3 aromatic carbocycles. The fourth-order valence-corrected chi connectivity index (χ4v) is 4.18. The van der Waals surface area contributed by atoms with E-state index >= 15 is 0 Å². The minimum Gasteiger partial charge on any atom is -0.507 e. The van der Waals surface area contributed by atoms with Crippen molar-refractivity contribution in [3.05, 3.63) is 106 Å². The first kappa shape index (κ1) is 18.6. The van der Waals surface area contributed by atoms with Gasteiger partial charge in [0.25, 0.3) is 0 Å². The van der Waals surface area contributed by atoms with Crippen LogP contribution in [0.3, 0.4) is 0 Å². The molecule has 0 atom stereocenters. The van der Waals surface area contributed by atoms with E-state index in [0.29, 0.717) is 5.02 Å². The maximum absolute atomic E-state index is 10.6. The Hall–Kier alpha value is -2.77. The molecule has 0 saturated carbocycles. The Labute approximate surface area is 171 Å². The van der Waals surface area contributed by atoms with Gasteiger partial charge in [-0.25, -0.2) is 0 Å². The largest absolute Gasteiger partial charge is 0.507 e. The minimum absolute atomic E-state index is 0.235. The lowest BCUT2D eigenvalue weighted by molar-refractivity contribution is 0.473. The fraction of sp³-hybridized carbons (Fsp3) is 0.154. The summed E-state index contributed by atoms with van der Waals surface area (Å²) in [7, 11) is 0. The average molecular weight is 387 g/mol. The van der Waals surface area contributed by atoms with E-state index in [0.717, 1.165) is 30.4 Å². The van der Waals surface area contributed by atoms with Gasteiger partial charge < -0.3 is 5.11 Å². The predicted molar refractivity (Wildman–Crippen MR) is 120 cm³/mol. The number of phenolic OH excluding ortho intramolecular Hbond substituents is 1. The SMILES string of the molecule is C=Cc1ccc2c(c1)CCCC(c1ccc(Cl)cc1O)=C2c1ccc(C)cc1. The molecule has 0 radical (unpaired) electrons. The molecule has 0 unspecified atom stereocenters. The Bertz CT molecular complexity index is 1070. The molecule has 1 aliphatic carbocycles. The Balaban J connectivity index is 2.02. The molecule has 1 nitrogen and oxygen atoms in total. The van der Waals surface area contributed by atoms with Crippen LogP contribution in [0.4, 0.5) is 0 Å². The lowest BCUT2D eigenvalue weighted by atomic mass is 9.87. The van der Waals surface area contributed by atoms with Gasteiger partial charge in [-0.1, -0.05) is 72.3 Å². The quantitative estimate of drug-likeness (QED) is 0.501. The Morgan fingerprint density at radius 1 is 0.929 bits per heavy atom. The molecule has 0 saturated heterocycles. The van der Waals surface area contributed by atoms with E-state index in [1.54, 1.807) is 6.07 Å². The highest BCUT2D eigenvalue weighted by atomic mass is 35.5. The van der Waals surface area contributed by atoms with Gasteiger partial charge in [0.05, 0.1) is 0 Å². The van der Waals surface area contributed by atoms with Gasteiger partial charge in [-0.2, -0.15) is 0 Å². The van der Waals surface area contributed by atoms with Gasteiger partial charge in [-0.3, -0.25) is 0 Å². The zero-order valence-electron chi connectivity index (χ0n) is 16.0. The first-order valence-corrected chi connectivity index (χ1v) is 9.99. The van der Waals surface area contributed by atoms with Gasteiger partial charge in [0.15, 0.2) is 0 Å². The van der Waals surface area contributed by atoms with Crippen LogP contribution in [0.2, 0.25) is 5.02 Å². The second-order valence-electron chi connectivity index (χ2n) is 7.36. The van der Waals surface area contributed by atoms with Gasteiger partial charge in [0.2, 0.25) is 0 Å². The molecule has 0 bridgehead atoms. The van der Waals surface area contributed by atoms with Crippen molar-refractivity contribution in [3.8, 4) is 5.75 Å². The zero-order valence-corrected chi connectivity index (χ0v) is 16.8. The monoisotopic (exact) mass is 386 g/mol. The van der Waals surface area contributed by atoms with Crippen LogP contribution in [0.15, 0.2) is 67.2 Å².